The molecule has 1 N–H and O–H groups in total. The highest BCUT2D eigenvalue weighted by molar-refractivity contribution is 5.76. The number of rotatable bonds is 4. The van der Waals surface area contributed by atoms with E-state index in [0.717, 1.165) is 16.9 Å². The number of aryl methyl sites for hydroxylation is 1. The molecule has 0 saturated carbocycles. The third-order valence-corrected chi connectivity index (χ3v) is 3.18. The van der Waals surface area contributed by atoms with E-state index in [1.54, 1.807) is 7.11 Å². The van der Waals surface area contributed by atoms with Gasteiger partial charge in [0.1, 0.15) is 11.2 Å². The van der Waals surface area contributed by atoms with Gasteiger partial charge in [-0.15, -0.1) is 0 Å². The highest BCUT2D eigenvalue weighted by atomic mass is 16.5. The third-order valence-electron chi connectivity index (χ3n) is 3.18. The fraction of sp³-hybridized carbons (Fsp3) is 0.462. The first-order chi connectivity index (χ1) is 8.07. The number of carboxylic acids is 1. The molecular weight excluding hydrogens is 220 g/mol. The van der Waals surface area contributed by atoms with Gasteiger partial charge in [-0.2, -0.15) is 0 Å². The Morgan fingerprint density at radius 3 is 2.71 bits per heavy atom. The van der Waals surface area contributed by atoms with Crippen molar-refractivity contribution in [2.45, 2.75) is 13.3 Å². The summed E-state index contributed by atoms with van der Waals surface area (Å²) in [6, 6.07) is 5.80. The van der Waals surface area contributed by atoms with Crippen LogP contribution < -0.4 is 4.74 Å². The normalized spacial score (nSPS) is 17.3. The van der Waals surface area contributed by atoms with Gasteiger partial charge in [0.05, 0.1) is 20.3 Å². The molecule has 1 aliphatic heterocycles. The Morgan fingerprint density at radius 1 is 1.53 bits per heavy atom. The average Bonchev–Trinajstić information content (AvgIpc) is 2.23. The van der Waals surface area contributed by atoms with Crippen molar-refractivity contribution in [3.05, 3.63) is 29.3 Å². The van der Waals surface area contributed by atoms with Crippen molar-refractivity contribution in [2.24, 2.45) is 5.41 Å². The summed E-state index contributed by atoms with van der Waals surface area (Å²) in [4.78, 5) is 11.3. The maximum atomic E-state index is 11.3. The molecule has 2 rings (SSSR count). The van der Waals surface area contributed by atoms with Gasteiger partial charge in [-0.3, -0.25) is 4.79 Å². The van der Waals surface area contributed by atoms with E-state index >= 15 is 0 Å². The first-order valence-electron chi connectivity index (χ1n) is 5.52. The van der Waals surface area contributed by atoms with E-state index in [1.807, 2.05) is 25.1 Å². The van der Waals surface area contributed by atoms with Crippen molar-refractivity contribution in [3.8, 4) is 5.75 Å². The molecule has 1 saturated heterocycles. The van der Waals surface area contributed by atoms with Gasteiger partial charge >= 0.3 is 5.97 Å². The Balaban J connectivity index is 2.28. The van der Waals surface area contributed by atoms with Gasteiger partial charge in [-0.1, -0.05) is 17.7 Å². The number of hydrogen-bond donors (Lipinski definition) is 1. The van der Waals surface area contributed by atoms with Crippen LogP contribution in [0.15, 0.2) is 18.2 Å². The van der Waals surface area contributed by atoms with E-state index in [-0.39, 0.29) is 13.2 Å². The number of aliphatic carboxylic acids is 1. The van der Waals surface area contributed by atoms with Gasteiger partial charge in [-0.25, -0.2) is 0 Å². The van der Waals surface area contributed by atoms with E-state index in [9.17, 15) is 9.90 Å². The Bertz CT molecular complexity index is 435. The van der Waals surface area contributed by atoms with Gasteiger partial charge in [0.25, 0.3) is 0 Å². The van der Waals surface area contributed by atoms with E-state index in [0.29, 0.717) is 6.42 Å². The Labute approximate surface area is 100 Å². The van der Waals surface area contributed by atoms with Crippen LogP contribution in [0, 0.1) is 12.3 Å². The lowest BCUT2D eigenvalue weighted by Gasteiger charge is -2.37. The molecule has 92 valence electrons. The van der Waals surface area contributed by atoms with Crippen molar-refractivity contribution < 1.29 is 19.4 Å². The Kier molecular flexibility index (Phi) is 3.07. The average molecular weight is 236 g/mol. The molecule has 0 bridgehead atoms. The smallest absolute Gasteiger partial charge is 0.314 e. The van der Waals surface area contributed by atoms with Crippen LogP contribution in [0.25, 0.3) is 0 Å². The molecule has 1 aromatic carbocycles. The first-order valence-corrected chi connectivity index (χ1v) is 5.52. The number of benzene rings is 1. The van der Waals surface area contributed by atoms with Crippen LogP contribution in [0.5, 0.6) is 5.75 Å². The minimum atomic E-state index is -0.799. The quantitative estimate of drug-likeness (QED) is 0.863. The molecule has 0 aromatic heterocycles. The van der Waals surface area contributed by atoms with Gasteiger partial charge in [0.15, 0.2) is 0 Å². The fourth-order valence-electron chi connectivity index (χ4n) is 2.06. The summed E-state index contributed by atoms with van der Waals surface area (Å²) in [5, 5.41) is 9.26. The second-order valence-corrected chi connectivity index (χ2v) is 4.57. The van der Waals surface area contributed by atoms with Crippen LogP contribution in [-0.2, 0) is 16.0 Å². The minimum absolute atomic E-state index is 0.277. The lowest BCUT2D eigenvalue weighted by molar-refractivity contribution is -0.179. The van der Waals surface area contributed by atoms with Gasteiger partial charge in [-0.05, 0) is 25.0 Å². The predicted molar refractivity (Wildman–Crippen MR) is 62.3 cm³/mol. The van der Waals surface area contributed by atoms with Gasteiger partial charge in [0, 0.05) is 0 Å². The molecular formula is C13H16O4. The molecule has 0 amide bonds. The van der Waals surface area contributed by atoms with Crippen molar-refractivity contribution in [2.75, 3.05) is 20.3 Å². The summed E-state index contributed by atoms with van der Waals surface area (Å²) >= 11 is 0. The van der Waals surface area contributed by atoms with Crippen LogP contribution in [0.2, 0.25) is 0 Å². The molecule has 1 aliphatic rings. The molecule has 17 heavy (non-hydrogen) atoms. The third kappa shape index (κ3) is 2.13. The summed E-state index contributed by atoms with van der Waals surface area (Å²) in [6.07, 6.45) is 0.452. The van der Waals surface area contributed by atoms with E-state index in [1.165, 1.54) is 0 Å². The molecule has 4 nitrogen and oxygen atoms in total. The van der Waals surface area contributed by atoms with Crippen LogP contribution in [0.3, 0.4) is 0 Å². The standard InChI is InChI=1S/C13H16O4/c1-9-3-4-11(16-2)10(5-9)6-13(12(14)15)7-17-8-13/h3-5H,6-8H2,1-2H3,(H,14,15). The Hall–Kier alpha value is -1.55. The Morgan fingerprint density at radius 2 is 2.24 bits per heavy atom. The number of carbonyl (C=O) groups is 1. The number of ether oxygens (including phenoxy) is 2. The van der Waals surface area contributed by atoms with Gasteiger partial charge < -0.3 is 14.6 Å². The van der Waals surface area contributed by atoms with Crippen molar-refractivity contribution >= 4 is 5.97 Å². The molecule has 1 aromatic rings. The number of carboxylic acid groups (broad SMARTS) is 1. The topological polar surface area (TPSA) is 55.8 Å². The van der Waals surface area contributed by atoms with Crippen LogP contribution in [0.4, 0.5) is 0 Å². The maximum Gasteiger partial charge on any atom is 0.314 e. The number of methoxy groups -OCH3 is 1. The lowest BCUT2D eigenvalue weighted by Crippen LogP contribution is -2.50. The molecule has 0 aliphatic carbocycles. The molecule has 0 unspecified atom stereocenters. The largest absolute Gasteiger partial charge is 0.496 e. The summed E-state index contributed by atoms with van der Waals surface area (Å²) in [5.74, 6) is -0.0598. The van der Waals surface area contributed by atoms with E-state index < -0.39 is 11.4 Å². The van der Waals surface area contributed by atoms with Gasteiger partial charge in [0.2, 0.25) is 0 Å². The molecule has 0 spiro atoms. The molecule has 1 heterocycles. The molecule has 1 fully saturated rings. The zero-order valence-electron chi connectivity index (χ0n) is 10.0. The molecule has 4 heteroatoms. The monoisotopic (exact) mass is 236 g/mol. The lowest BCUT2D eigenvalue weighted by atomic mass is 9.79. The summed E-state index contributed by atoms with van der Waals surface area (Å²) < 4.78 is 10.3. The van der Waals surface area contributed by atoms with E-state index in [2.05, 4.69) is 0 Å². The van der Waals surface area contributed by atoms with Crippen molar-refractivity contribution in [1.29, 1.82) is 0 Å². The predicted octanol–water partition coefficient (Wildman–Crippen LogP) is 1.65. The molecule has 0 atom stereocenters. The zero-order chi connectivity index (χ0) is 12.5. The van der Waals surface area contributed by atoms with Crippen LogP contribution in [0.1, 0.15) is 11.1 Å². The summed E-state index contributed by atoms with van der Waals surface area (Å²) in [5.41, 5.74) is 1.25. The second kappa shape index (κ2) is 4.37. The second-order valence-electron chi connectivity index (χ2n) is 4.57. The highest BCUT2D eigenvalue weighted by Crippen LogP contribution is 2.35. The van der Waals surface area contributed by atoms with Crippen molar-refractivity contribution in [3.63, 3.8) is 0 Å². The fourth-order valence-corrected chi connectivity index (χ4v) is 2.06. The summed E-state index contributed by atoms with van der Waals surface area (Å²) in [7, 11) is 1.60. The SMILES string of the molecule is COc1ccc(C)cc1CC1(C(=O)O)COC1. The van der Waals surface area contributed by atoms with Crippen LogP contribution in [-0.4, -0.2) is 31.4 Å². The molecule has 0 radical (unpaired) electrons. The van der Waals surface area contributed by atoms with Crippen molar-refractivity contribution in [1.82, 2.24) is 0 Å². The maximum absolute atomic E-state index is 11.3. The highest BCUT2D eigenvalue weighted by Gasteiger charge is 2.46. The number of hydrogen-bond acceptors (Lipinski definition) is 3. The van der Waals surface area contributed by atoms with E-state index in [4.69, 9.17) is 9.47 Å². The first kappa shape index (κ1) is 11.9. The van der Waals surface area contributed by atoms with Crippen LogP contribution >= 0.6 is 0 Å². The summed E-state index contributed by atoms with van der Waals surface area (Å²) in [6.45, 7) is 2.53. The zero-order valence-corrected chi connectivity index (χ0v) is 10.0. The minimum Gasteiger partial charge on any atom is -0.496 e.